The Kier molecular flexibility index (Phi) is 6.64. The van der Waals surface area contributed by atoms with Crippen molar-refractivity contribution in [1.82, 2.24) is 10.2 Å². The van der Waals surface area contributed by atoms with Crippen LogP contribution in [0.25, 0.3) is 0 Å². The SMILES string of the molecule is C[C@@H](NC(=O)C[C@H]1CC[C@@H]2[C@H](COC[C@H](O)CN2C)O1)c1ccccc1. The molecule has 6 heteroatoms. The van der Waals surface area contributed by atoms with Crippen molar-refractivity contribution in [1.29, 1.82) is 0 Å². The highest BCUT2D eigenvalue weighted by Crippen LogP contribution is 2.27. The molecule has 5 atom stereocenters. The molecule has 26 heavy (non-hydrogen) atoms. The van der Waals surface area contributed by atoms with Gasteiger partial charge in [0.2, 0.25) is 5.91 Å². The summed E-state index contributed by atoms with van der Waals surface area (Å²) < 4.78 is 11.8. The van der Waals surface area contributed by atoms with Gasteiger partial charge in [-0.25, -0.2) is 0 Å². The van der Waals surface area contributed by atoms with Gasteiger partial charge in [0.1, 0.15) is 0 Å². The fourth-order valence-corrected chi connectivity index (χ4v) is 3.93. The van der Waals surface area contributed by atoms with Crippen molar-refractivity contribution >= 4 is 5.91 Å². The van der Waals surface area contributed by atoms with E-state index < -0.39 is 6.10 Å². The summed E-state index contributed by atoms with van der Waals surface area (Å²) in [4.78, 5) is 14.6. The van der Waals surface area contributed by atoms with Crippen LogP contribution >= 0.6 is 0 Å². The Morgan fingerprint density at radius 1 is 1.31 bits per heavy atom. The lowest BCUT2D eigenvalue weighted by Gasteiger charge is -2.43. The molecule has 3 rings (SSSR count). The van der Waals surface area contributed by atoms with E-state index in [0.717, 1.165) is 18.4 Å². The second-order valence-corrected chi connectivity index (χ2v) is 7.48. The number of nitrogens with zero attached hydrogens (tertiary/aromatic N) is 1. The third kappa shape index (κ3) is 5.04. The zero-order chi connectivity index (χ0) is 18.5. The number of amides is 1. The first-order valence-electron chi connectivity index (χ1n) is 9.48. The molecule has 6 nitrogen and oxygen atoms in total. The molecule has 0 bridgehead atoms. The van der Waals surface area contributed by atoms with Gasteiger partial charge in [-0.2, -0.15) is 0 Å². The number of nitrogens with one attached hydrogen (secondary N) is 1. The molecule has 0 unspecified atom stereocenters. The number of ether oxygens (including phenoxy) is 2. The molecule has 2 heterocycles. The van der Waals surface area contributed by atoms with Crippen LogP contribution in [0.3, 0.4) is 0 Å². The quantitative estimate of drug-likeness (QED) is 0.849. The first-order chi connectivity index (χ1) is 12.5. The summed E-state index contributed by atoms with van der Waals surface area (Å²) in [7, 11) is 2.02. The van der Waals surface area contributed by atoms with E-state index in [1.807, 2.05) is 44.3 Å². The molecule has 2 fully saturated rings. The molecule has 0 radical (unpaired) electrons. The third-order valence-corrected chi connectivity index (χ3v) is 5.33. The average molecular weight is 362 g/mol. The van der Waals surface area contributed by atoms with Crippen LogP contribution in [0.5, 0.6) is 0 Å². The van der Waals surface area contributed by atoms with Crippen LogP contribution in [0.2, 0.25) is 0 Å². The molecule has 2 saturated heterocycles. The fourth-order valence-electron chi connectivity index (χ4n) is 3.93. The molecule has 144 valence electrons. The summed E-state index contributed by atoms with van der Waals surface area (Å²) in [5.41, 5.74) is 1.10. The van der Waals surface area contributed by atoms with Crippen molar-refractivity contribution in [2.24, 2.45) is 0 Å². The monoisotopic (exact) mass is 362 g/mol. The first kappa shape index (κ1) is 19.3. The molecular formula is C20H30N2O4. The Morgan fingerprint density at radius 3 is 2.85 bits per heavy atom. The lowest BCUT2D eigenvalue weighted by Crippen LogP contribution is -2.54. The van der Waals surface area contributed by atoms with Gasteiger partial charge < -0.3 is 19.9 Å². The number of rotatable bonds is 4. The van der Waals surface area contributed by atoms with Gasteiger partial charge in [0.15, 0.2) is 0 Å². The summed E-state index contributed by atoms with van der Waals surface area (Å²) in [6, 6.07) is 10.2. The summed E-state index contributed by atoms with van der Waals surface area (Å²) in [6.45, 7) is 3.37. The smallest absolute Gasteiger partial charge is 0.223 e. The molecule has 1 amide bonds. The minimum Gasteiger partial charge on any atom is -0.389 e. The average Bonchev–Trinajstić information content (AvgIpc) is 2.61. The van der Waals surface area contributed by atoms with Crippen LogP contribution in [0.1, 0.15) is 37.8 Å². The van der Waals surface area contributed by atoms with Crippen LogP contribution in [0.4, 0.5) is 0 Å². The number of fused-ring (bicyclic) bond motifs is 1. The second-order valence-electron chi connectivity index (χ2n) is 7.48. The molecule has 2 aliphatic rings. The minimum absolute atomic E-state index is 0.0142. The number of carbonyl (C=O) groups excluding carboxylic acids is 1. The zero-order valence-electron chi connectivity index (χ0n) is 15.6. The molecule has 1 aromatic carbocycles. The maximum atomic E-state index is 12.4. The number of carbonyl (C=O) groups is 1. The van der Waals surface area contributed by atoms with Crippen molar-refractivity contribution in [3.05, 3.63) is 35.9 Å². The first-order valence-corrected chi connectivity index (χ1v) is 9.48. The highest BCUT2D eigenvalue weighted by molar-refractivity contribution is 5.76. The van der Waals surface area contributed by atoms with E-state index in [0.29, 0.717) is 26.2 Å². The summed E-state index contributed by atoms with van der Waals surface area (Å²) in [5, 5.41) is 12.9. The van der Waals surface area contributed by atoms with Crippen LogP contribution in [-0.2, 0) is 14.3 Å². The molecule has 2 N–H and O–H groups in total. The Balaban J connectivity index is 1.51. The van der Waals surface area contributed by atoms with Gasteiger partial charge in [-0.15, -0.1) is 0 Å². The highest BCUT2D eigenvalue weighted by Gasteiger charge is 2.36. The van der Waals surface area contributed by atoms with Gasteiger partial charge in [-0.3, -0.25) is 9.69 Å². The second kappa shape index (κ2) is 8.95. The maximum absolute atomic E-state index is 12.4. The molecule has 0 spiro atoms. The number of aliphatic hydroxyl groups excluding tert-OH is 1. The van der Waals surface area contributed by atoms with Gasteiger partial charge in [0.05, 0.1) is 44.0 Å². The van der Waals surface area contributed by atoms with E-state index in [2.05, 4.69) is 10.2 Å². The van der Waals surface area contributed by atoms with Gasteiger partial charge in [-0.1, -0.05) is 30.3 Å². The number of hydrogen-bond acceptors (Lipinski definition) is 5. The number of aliphatic hydroxyl groups is 1. The minimum atomic E-state index is -0.455. The van der Waals surface area contributed by atoms with E-state index in [1.54, 1.807) is 0 Å². The summed E-state index contributed by atoms with van der Waals surface area (Å²) >= 11 is 0. The Morgan fingerprint density at radius 2 is 2.08 bits per heavy atom. The van der Waals surface area contributed by atoms with E-state index in [1.165, 1.54) is 0 Å². The van der Waals surface area contributed by atoms with Crippen LogP contribution in [0.15, 0.2) is 30.3 Å². The van der Waals surface area contributed by atoms with E-state index in [-0.39, 0.29) is 30.2 Å². The number of benzene rings is 1. The van der Waals surface area contributed by atoms with Crippen molar-refractivity contribution in [3.63, 3.8) is 0 Å². The van der Waals surface area contributed by atoms with Gasteiger partial charge in [-0.05, 0) is 32.4 Å². The van der Waals surface area contributed by atoms with Crippen molar-refractivity contribution < 1.29 is 19.4 Å². The maximum Gasteiger partial charge on any atom is 0.223 e. The van der Waals surface area contributed by atoms with Gasteiger partial charge in [0, 0.05) is 12.6 Å². The van der Waals surface area contributed by atoms with Crippen molar-refractivity contribution in [2.45, 2.75) is 56.6 Å². The zero-order valence-corrected chi connectivity index (χ0v) is 15.6. The predicted molar refractivity (Wildman–Crippen MR) is 98.8 cm³/mol. The number of hydrogen-bond donors (Lipinski definition) is 2. The van der Waals surface area contributed by atoms with Gasteiger partial charge in [0.25, 0.3) is 0 Å². The fraction of sp³-hybridized carbons (Fsp3) is 0.650. The largest absolute Gasteiger partial charge is 0.389 e. The normalized spacial score (nSPS) is 31.3. The van der Waals surface area contributed by atoms with Crippen molar-refractivity contribution in [3.8, 4) is 0 Å². The molecule has 2 aliphatic heterocycles. The lowest BCUT2D eigenvalue weighted by molar-refractivity contribution is -0.153. The van der Waals surface area contributed by atoms with Crippen LogP contribution < -0.4 is 5.32 Å². The Labute approximate surface area is 155 Å². The predicted octanol–water partition coefficient (Wildman–Crippen LogP) is 1.49. The van der Waals surface area contributed by atoms with Gasteiger partial charge >= 0.3 is 0 Å². The van der Waals surface area contributed by atoms with E-state index in [9.17, 15) is 9.90 Å². The topological polar surface area (TPSA) is 71.0 Å². The summed E-state index contributed by atoms with van der Waals surface area (Å²) in [5.74, 6) is 0.0142. The lowest BCUT2D eigenvalue weighted by atomic mass is 9.95. The molecule has 0 aliphatic carbocycles. The molecule has 1 aromatic rings. The van der Waals surface area contributed by atoms with Crippen molar-refractivity contribution in [2.75, 3.05) is 26.8 Å². The van der Waals surface area contributed by atoms with Crippen LogP contribution in [0, 0.1) is 0 Å². The molecule has 0 saturated carbocycles. The Hall–Kier alpha value is -1.47. The van der Waals surface area contributed by atoms with Crippen LogP contribution in [-0.4, -0.2) is 67.1 Å². The van der Waals surface area contributed by atoms with E-state index in [4.69, 9.17) is 9.47 Å². The highest BCUT2D eigenvalue weighted by atomic mass is 16.5. The van der Waals surface area contributed by atoms with E-state index >= 15 is 0 Å². The standard InChI is InChI=1S/C20H30N2O4/c1-14(15-6-4-3-5-7-15)21-20(24)10-17-8-9-18-19(26-17)13-25-12-16(23)11-22(18)2/h3-7,14,16-19,23H,8-13H2,1-2H3,(H,21,24)/t14-,16-,17-,18-,19+/m1/s1. The molecular weight excluding hydrogens is 332 g/mol. The number of likely N-dealkylation sites (N-methyl/N-ethyl adjacent to an activating group) is 1. The number of β-amino-alcohol motifs (C(OH)–C–C–N with tert-alkyl or cyclic N) is 1. The third-order valence-electron chi connectivity index (χ3n) is 5.33. The summed E-state index contributed by atoms with van der Waals surface area (Å²) in [6.07, 6.45) is 1.57. The Bertz CT molecular complexity index is 582. The molecule has 0 aromatic heterocycles.